The largest absolute Gasteiger partial charge is 0.379 e. The van der Waals surface area contributed by atoms with Gasteiger partial charge in [-0.2, -0.15) is 4.98 Å². The van der Waals surface area contributed by atoms with Crippen molar-refractivity contribution in [3.63, 3.8) is 0 Å². The van der Waals surface area contributed by atoms with Crippen LogP contribution in [0.3, 0.4) is 0 Å². The molecule has 96 valence electrons. The first-order valence-corrected chi connectivity index (χ1v) is 6.11. The molecule has 0 unspecified atom stereocenters. The van der Waals surface area contributed by atoms with Crippen LogP contribution in [-0.2, 0) is 16.7 Å². The fourth-order valence-corrected chi connectivity index (χ4v) is 1.79. The Morgan fingerprint density at radius 1 is 1.41 bits per heavy atom. The lowest BCUT2D eigenvalue weighted by molar-refractivity contribution is -0.00852. The molecule has 0 bridgehead atoms. The number of hydrogen-bond acceptors (Lipinski definition) is 5. The van der Waals surface area contributed by atoms with Crippen molar-refractivity contribution in [2.24, 2.45) is 0 Å². The van der Waals surface area contributed by atoms with Crippen LogP contribution in [0.25, 0.3) is 0 Å². The summed E-state index contributed by atoms with van der Waals surface area (Å²) in [5.74, 6) is 1.47. The van der Waals surface area contributed by atoms with Crippen molar-refractivity contribution >= 4 is 0 Å². The zero-order valence-corrected chi connectivity index (χ0v) is 11.1. The lowest BCUT2D eigenvalue weighted by Crippen LogP contribution is -2.43. The molecule has 0 spiro atoms. The topological polar surface area (TPSA) is 51.4 Å². The number of rotatable bonds is 2. The molecule has 1 aliphatic rings. The smallest absolute Gasteiger partial charge is 0.240 e. The van der Waals surface area contributed by atoms with E-state index in [2.05, 4.69) is 42.7 Å². The average Bonchev–Trinajstić information content (AvgIpc) is 2.69. The van der Waals surface area contributed by atoms with Gasteiger partial charge < -0.3 is 9.26 Å². The highest BCUT2D eigenvalue weighted by Gasteiger charge is 2.24. The molecule has 1 aromatic rings. The molecule has 1 saturated heterocycles. The van der Waals surface area contributed by atoms with Crippen molar-refractivity contribution in [3.05, 3.63) is 11.7 Å². The SMILES string of the molecule is C[C@H]1COCCN1Cc1nc(C(C)(C)C)no1. The van der Waals surface area contributed by atoms with E-state index >= 15 is 0 Å². The van der Waals surface area contributed by atoms with Crippen LogP contribution in [0.4, 0.5) is 0 Å². The van der Waals surface area contributed by atoms with Gasteiger partial charge in [0.1, 0.15) is 0 Å². The first-order chi connectivity index (χ1) is 7.97. The van der Waals surface area contributed by atoms with Crippen molar-refractivity contribution in [1.29, 1.82) is 0 Å². The van der Waals surface area contributed by atoms with Crippen molar-refractivity contribution in [3.8, 4) is 0 Å². The Labute approximate surface area is 102 Å². The monoisotopic (exact) mass is 239 g/mol. The minimum absolute atomic E-state index is 0.0572. The molecular formula is C12H21N3O2. The lowest BCUT2D eigenvalue weighted by atomic mass is 9.96. The molecule has 2 heterocycles. The minimum Gasteiger partial charge on any atom is -0.379 e. The molecule has 1 atom stereocenters. The number of aromatic nitrogens is 2. The van der Waals surface area contributed by atoms with Gasteiger partial charge in [-0.15, -0.1) is 0 Å². The summed E-state index contributed by atoms with van der Waals surface area (Å²) in [6.07, 6.45) is 0. The Morgan fingerprint density at radius 3 is 2.76 bits per heavy atom. The standard InChI is InChI=1S/C12H21N3O2/c1-9-8-16-6-5-15(9)7-10-13-11(14-17-10)12(2,3)4/h9H,5-8H2,1-4H3/t9-/m0/s1. The normalized spacial score (nSPS) is 22.9. The van der Waals surface area contributed by atoms with Crippen LogP contribution in [0, 0.1) is 0 Å². The minimum atomic E-state index is -0.0572. The van der Waals surface area contributed by atoms with Gasteiger partial charge in [0.25, 0.3) is 0 Å². The summed E-state index contributed by atoms with van der Waals surface area (Å²) in [5.41, 5.74) is -0.0572. The lowest BCUT2D eigenvalue weighted by Gasteiger charge is -2.31. The van der Waals surface area contributed by atoms with E-state index in [0.717, 1.165) is 25.6 Å². The molecular weight excluding hydrogens is 218 g/mol. The predicted molar refractivity (Wildman–Crippen MR) is 63.7 cm³/mol. The highest BCUT2D eigenvalue weighted by Crippen LogP contribution is 2.19. The van der Waals surface area contributed by atoms with E-state index < -0.39 is 0 Å². The number of hydrogen-bond donors (Lipinski definition) is 0. The molecule has 1 aliphatic heterocycles. The maximum Gasteiger partial charge on any atom is 0.240 e. The van der Waals surface area contributed by atoms with Gasteiger partial charge >= 0.3 is 0 Å². The fourth-order valence-electron chi connectivity index (χ4n) is 1.79. The maximum absolute atomic E-state index is 5.40. The summed E-state index contributed by atoms with van der Waals surface area (Å²) in [6.45, 7) is 11.6. The highest BCUT2D eigenvalue weighted by atomic mass is 16.5. The zero-order valence-electron chi connectivity index (χ0n) is 11.1. The molecule has 0 aromatic carbocycles. The molecule has 1 aromatic heterocycles. The van der Waals surface area contributed by atoms with Crippen LogP contribution in [0.5, 0.6) is 0 Å². The number of nitrogens with zero attached hydrogens (tertiary/aromatic N) is 3. The molecule has 17 heavy (non-hydrogen) atoms. The van der Waals surface area contributed by atoms with Gasteiger partial charge in [-0.25, -0.2) is 0 Å². The second kappa shape index (κ2) is 4.74. The Kier molecular flexibility index (Phi) is 3.49. The quantitative estimate of drug-likeness (QED) is 0.784. The van der Waals surface area contributed by atoms with Crippen LogP contribution < -0.4 is 0 Å². The summed E-state index contributed by atoms with van der Waals surface area (Å²) >= 11 is 0. The van der Waals surface area contributed by atoms with Gasteiger partial charge in [-0.1, -0.05) is 25.9 Å². The van der Waals surface area contributed by atoms with Crippen LogP contribution in [0.1, 0.15) is 39.4 Å². The summed E-state index contributed by atoms with van der Waals surface area (Å²) < 4.78 is 10.7. The summed E-state index contributed by atoms with van der Waals surface area (Å²) in [5, 5.41) is 4.03. The van der Waals surface area contributed by atoms with Gasteiger partial charge in [-0.3, -0.25) is 4.90 Å². The van der Waals surface area contributed by atoms with Gasteiger partial charge in [0.15, 0.2) is 5.82 Å². The molecule has 2 rings (SSSR count). The van der Waals surface area contributed by atoms with E-state index in [4.69, 9.17) is 9.26 Å². The molecule has 0 radical (unpaired) electrons. The van der Waals surface area contributed by atoms with E-state index in [-0.39, 0.29) is 5.41 Å². The Bertz CT molecular complexity index is 370. The van der Waals surface area contributed by atoms with Gasteiger partial charge in [0.2, 0.25) is 5.89 Å². The Balaban J connectivity index is 2.01. The zero-order chi connectivity index (χ0) is 12.5. The van der Waals surface area contributed by atoms with Gasteiger partial charge in [-0.05, 0) is 6.92 Å². The van der Waals surface area contributed by atoms with E-state index in [1.807, 2.05) is 0 Å². The summed E-state index contributed by atoms with van der Waals surface area (Å²) in [4.78, 5) is 6.76. The van der Waals surface area contributed by atoms with Crippen LogP contribution in [-0.4, -0.2) is 40.8 Å². The molecule has 0 saturated carbocycles. The summed E-state index contributed by atoms with van der Waals surface area (Å²) in [6, 6.07) is 0.411. The average molecular weight is 239 g/mol. The molecule has 5 nitrogen and oxygen atoms in total. The fraction of sp³-hybridized carbons (Fsp3) is 0.833. The van der Waals surface area contributed by atoms with Crippen LogP contribution >= 0.6 is 0 Å². The van der Waals surface area contributed by atoms with Crippen molar-refractivity contribution < 1.29 is 9.26 Å². The third-order valence-electron chi connectivity index (χ3n) is 2.98. The van der Waals surface area contributed by atoms with Gasteiger partial charge in [0, 0.05) is 18.0 Å². The molecule has 0 N–H and O–H groups in total. The second-order valence-corrected chi connectivity index (χ2v) is 5.66. The highest BCUT2D eigenvalue weighted by molar-refractivity contribution is 5.00. The molecule has 1 fully saturated rings. The Hall–Kier alpha value is -0.940. The third kappa shape index (κ3) is 3.04. The van der Waals surface area contributed by atoms with E-state index in [0.29, 0.717) is 18.5 Å². The van der Waals surface area contributed by atoms with Crippen LogP contribution in [0.15, 0.2) is 4.52 Å². The van der Waals surface area contributed by atoms with Gasteiger partial charge in [0.05, 0.1) is 19.8 Å². The first kappa shape index (κ1) is 12.5. The Morgan fingerprint density at radius 2 is 2.18 bits per heavy atom. The number of morpholine rings is 1. The molecule has 0 aliphatic carbocycles. The third-order valence-corrected chi connectivity index (χ3v) is 2.98. The van der Waals surface area contributed by atoms with E-state index in [1.165, 1.54) is 0 Å². The van der Waals surface area contributed by atoms with E-state index in [9.17, 15) is 0 Å². The molecule has 5 heteroatoms. The van der Waals surface area contributed by atoms with E-state index in [1.54, 1.807) is 0 Å². The van der Waals surface area contributed by atoms with Crippen LogP contribution in [0.2, 0.25) is 0 Å². The van der Waals surface area contributed by atoms with Crippen molar-refractivity contribution in [2.75, 3.05) is 19.8 Å². The second-order valence-electron chi connectivity index (χ2n) is 5.66. The van der Waals surface area contributed by atoms with Crippen molar-refractivity contribution in [2.45, 2.75) is 45.7 Å². The molecule has 0 amide bonds. The maximum atomic E-state index is 5.40. The predicted octanol–water partition coefficient (Wildman–Crippen LogP) is 1.59. The number of ether oxygens (including phenoxy) is 1. The van der Waals surface area contributed by atoms with Crippen molar-refractivity contribution in [1.82, 2.24) is 15.0 Å². The first-order valence-electron chi connectivity index (χ1n) is 6.11. The summed E-state index contributed by atoms with van der Waals surface area (Å²) in [7, 11) is 0.